The average Bonchev–Trinajstić information content (AvgIpc) is 2.49. The first kappa shape index (κ1) is 14.8. The molecular weight excluding hydrogens is 443 g/mol. The van der Waals surface area contributed by atoms with E-state index in [0.29, 0.717) is 5.56 Å². The summed E-state index contributed by atoms with van der Waals surface area (Å²) in [5, 5.41) is 6.35. The van der Waals surface area contributed by atoms with E-state index in [1.165, 1.54) is 5.56 Å². The summed E-state index contributed by atoms with van der Waals surface area (Å²) in [7, 11) is 0. The van der Waals surface area contributed by atoms with E-state index in [4.69, 9.17) is 0 Å². The Bertz CT molecular complexity index is 703. The largest absolute Gasteiger partial charge is 0.385 e. The number of nitrogens with one attached hydrogen (secondary N) is 2. The van der Waals surface area contributed by atoms with Crippen molar-refractivity contribution in [2.24, 2.45) is 0 Å². The van der Waals surface area contributed by atoms with Crippen molar-refractivity contribution in [1.29, 1.82) is 0 Å². The molecule has 3 rings (SSSR count). The predicted octanol–water partition coefficient (Wildman–Crippen LogP) is 4.66. The third kappa shape index (κ3) is 3.40. The van der Waals surface area contributed by atoms with Crippen LogP contribution in [0.2, 0.25) is 0 Å². The van der Waals surface area contributed by atoms with Crippen molar-refractivity contribution >= 4 is 55.8 Å². The Morgan fingerprint density at radius 1 is 1.24 bits per heavy atom. The predicted molar refractivity (Wildman–Crippen MR) is 98.1 cm³/mol. The number of benzene rings is 2. The molecule has 3 nitrogen and oxygen atoms in total. The number of anilines is 2. The lowest BCUT2D eigenvalue weighted by molar-refractivity contribution is 0.102. The van der Waals surface area contributed by atoms with Gasteiger partial charge in [0.2, 0.25) is 0 Å². The van der Waals surface area contributed by atoms with Crippen LogP contribution in [0, 0.1) is 3.57 Å². The van der Waals surface area contributed by atoms with Crippen molar-refractivity contribution < 1.29 is 4.79 Å². The van der Waals surface area contributed by atoms with Gasteiger partial charge >= 0.3 is 0 Å². The minimum atomic E-state index is -0.0866. The highest BCUT2D eigenvalue weighted by Gasteiger charge is 2.13. The van der Waals surface area contributed by atoms with Crippen molar-refractivity contribution in [2.75, 3.05) is 17.2 Å². The second-order valence-electron chi connectivity index (χ2n) is 4.98. The van der Waals surface area contributed by atoms with E-state index in [1.807, 2.05) is 30.3 Å². The molecule has 1 aliphatic rings. The number of carbonyl (C=O) groups is 1. The van der Waals surface area contributed by atoms with E-state index in [0.717, 1.165) is 38.8 Å². The highest BCUT2D eigenvalue weighted by molar-refractivity contribution is 14.1. The number of amides is 1. The number of halogens is 2. The summed E-state index contributed by atoms with van der Waals surface area (Å²) >= 11 is 5.58. The van der Waals surface area contributed by atoms with E-state index < -0.39 is 0 Å². The molecule has 0 fully saturated rings. The number of carbonyl (C=O) groups excluding carboxylic acids is 1. The Labute approximate surface area is 145 Å². The lowest BCUT2D eigenvalue weighted by atomic mass is 10.0. The fourth-order valence-electron chi connectivity index (χ4n) is 2.41. The van der Waals surface area contributed by atoms with E-state index in [9.17, 15) is 4.79 Å². The summed E-state index contributed by atoms with van der Waals surface area (Å²) in [5.41, 5.74) is 3.94. The van der Waals surface area contributed by atoms with Crippen LogP contribution in [0.25, 0.3) is 0 Å². The number of rotatable bonds is 2. The molecule has 0 bridgehead atoms. The van der Waals surface area contributed by atoms with E-state index in [2.05, 4.69) is 55.2 Å². The highest BCUT2D eigenvalue weighted by Crippen LogP contribution is 2.26. The SMILES string of the molecule is O=C(Nc1ccc2c(c1)NCCC2)c1cc(Br)ccc1I. The second-order valence-corrected chi connectivity index (χ2v) is 7.06. The van der Waals surface area contributed by atoms with Gasteiger partial charge in [0, 0.05) is 26.0 Å². The molecule has 0 spiro atoms. The molecule has 1 aliphatic heterocycles. The standard InChI is InChI=1S/C16H14BrIN2O/c17-11-4-6-14(18)13(8-11)16(21)20-12-5-3-10-2-1-7-19-15(10)9-12/h3-6,8-9,19H,1-2,7H2,(H,20,21). The minimum Gasteiger partial charge on any atom is -0.385 e. The first-order chi connectivity index (χ1) is 10.1. The topological polar surface area (TPSA) is 41.1 Å². The van der Waals surface area contributed by atoms with Gasteiger partial charge in [0.15, 0.2) is 0 Å². The highest BCUT2D eigenvalue weighted by atomic mass is 127. The number of aryl methyl sites for hydroxylation is 1. The van der Waals surface area contributed by atoms with Crippen LogP contribution in [-0.4, -0.2) is 12.5 Å². The summed E-state index contributed by atoms with van der Waals surface area (Å²) in [4.78, 5) is 12.4. The third-order valence-electron chi connectivity index (χ3n) is 3.48. The van der Waals surface area contributed by atoms with Gasteiger partial charge in [0.05, 0.1) is 5.56 Å². The van der Waals surface area contributed by atoms with Crippen LogP contribution >= 0.6 is 38.5 Å². The molecule has 2 aromatic carbocycles. The summed E-state index contributed by atoms with van der Waals surface area (Å²) in [6.07, 6.45) is 2.26. The normalized spacial score (nSPS) is 13.2. The molecule has 0 saturated carbocycles. The molecule has 0 saturated heterocycles. The number of fused-ring (bicyclic) bond motifs is 1. The maximum absolute atomic E-state index is 12.4. The van der Waals surface area contributed by atoms with Crippen LogP contribution in [-0.2, 0) is 6.42 Å². The van der Waals surface area contributed by atoms with Gasteiger partial charge in [-0.1, -0.05) is 22.0 Å². The second kappa shape index (κ2) is 6.36. The number of hydrogen-bond donors (Lipinski definition) is 2. The van der Waals surface area contributed by atoms with Crippen LogP contribution in [0.5, 0.6) is 0 Å². The van der Waals surface area contributed by atoms with Crippen molar-refractivity contribution in [3.05, 3.63) is 55.6 Å². The molecule has 2 aromatic rings. The van der Waals surface area contributed by atoms with E-state index in [1.54, 1.807) is 0 Å². The van der Waals surface area contributed by atoms with Crippen LogP contribution < -0.4 is 10.6 Å². The lowest BCUT2D eigenvalue weighted by Gasteiger charge is -2.19. The average molecular weight is 457 g/mol. The third-order valence-corrected chi connectivity index (χ3v) is 4.91. The molecule has 108 valence electrons. The van der Waals surface area contributed by atoms with Crippen LogP contribution in [0.1, 0.15) is 22.3 Å². The van der Waals surface area contributed by atoms with Crippen LogP contribution in [0.15, 0.2) is 40.9 Å². The zero-order valence-electron chi connectivity index (χ0n) is 11.2. The minimum absolute atomic E-state index is 0.0866. The maximum Gasteiger partial charge on any atom is 0.256 e. The van der Waals surface area contributed by atoms with Gasteiger partial charge in [-0.15, -0.1) is 0 Å². The molecule has 0 atom stereocenters. The summed E-state index contributed by atoms with van der Waals surface area (Å²) < 4.78 is 1.84. The zero-order valence-corrected chi connectivity index (χ0v) is 15.0. The smallest absolute Gasteiger partial charge is 0.256 e. The van der Waals surface area contributed by atoms with Crippen molar-refractivity contribution in [3.8, 4) is 0 Å². The van der Waals surface area contributed by atoms with E-state index >= 15 is 0 Å². The first-order valence-electron chi connectivity index (χ1n) is 6.77. The Kier molecular flexibility index (Phi) is 4.49. The van der Waals surface area contributed by atoms with E-state index in [-0.39, 0.29) is 5.91 Å². The molecule has 0 unspecified atom stereocenters. The van der Waals surface area contributed by atoms with Crippen LogP contribution in [0.4, 0.5) is 11.4 Å². The van der Waals surface area contributed by atoms with Crippen molar-refractivity contribution in [2.45, 2.75) is 12.8 Å². The molecule has 0 aromatic heterocycles. The first-order valence-corrected chi connectivity index (χ1v) is 8.64. The Hall–Kier alpha value is -1.08. The van der Waals surface area contributed by atoms with Crippen LogP contribution in [0.3, 0.4) is 0 Å². The molecule has 1 amide bonds. The van der Waals surface area contributed by atoms with Gasteiger partial charge < -0.3 is 10.6 Å². The molecule has 0 aliphatic carbocycles. The Morgan fingerprint density at radius 2 is 2.10 bits per heavy atom. The van der Waals surface area contributed by atoms with Gasteiger partial charge in [-0.05, 0) is 71.3 Å². The number of hydrogen-bond acceptors (Lipinski definition) is 2. The summed E-state index contributed by atoms with van der Waals surface area (Å²) in [6.45, 7) is 0.994. The lowest BCUT2D eigenvalue weighted by Crippen LogP contribution is -2.15. The molecule has 21 heavy (non-hydrogen) atoms. The maximum atomic E-state index is 12.4. The molecular formula is C16H14BrIN2O. The fraction of sp³-hybridized carbons (Fsp3) is 0.188. The van der Waals surface area contributed by atoms with Crippen molar-refractivity contribution in [3.63, 3.8) is 0 Å². The molecule has 1 heterocycles. The molecule has 2 N–H and O–H groups in total. The van der Waals surface area contributed by atoms with Gasteiger partial charge in [-0.3, -0.25) is 4.79 Å². The Morgan fingerprint density at radius 3 is 2.95 bits per heavy atom. The Balaban J connectivity index is 1.83. The molecule has 5 heteroatoms. The van der Waals surface area contributed by atoms with Crippen molar-refractivity contribution in [1.82, 2.24) is 0 Å². The summed E-state index contributed by atoms with van der Waals surface area (Å²) in [6, 6.07) is 11.8. The van der Waals surface area contributed by atoms with Gasteiger partial charge in [-0.2, -0.15) is 0 Å². The fourth-order valence-corrected chi connectivity index (χ4v) is 3.35. The summed E-state index contributed by atoms with van der Waals surface area (Å²) in [5.74, 6) is -0.0866. The monoisotopic (exact) mass is 456 g/mol. The van der Waals surface area contributed by atoms with Gasteiger partial charge in [0.1, 0.15) is 0 Å². The van der Waals surface area contributed by atoms with Gasteiger partial charge in [0.25, 0.3) is 5.91 Å². The van der Waals surface area contributed by atoms with Gasteiger partial charge in [-0.25, -0.2) is 0 Å². The zero-order chi connectivity index (χ0) is 14.8. The quantitative estimate of drug-likeness (QED) is 0.645. The molecule has 0 radical (unpaired) electrons.